The standard InChI is InChI=1S/C20H23NO2S/c1-2-23-18(22)15-3-4-16-17(8-15)24-19(21-16)20-9-12-5-13(10-20)7-14(6-12)11-20/h3-4,8,12-14H,2,5-7,9-11H2,1H3. The lowest BCUT2D eigenvalue weighted by Gasteiger charge is -2.56. The number of ether oxygens (including phenoxy) is 1. The Balaban J connectivity index is 1.52. The first-order chi connectivity index (χ1) is 11.6. The molecular weight excluding hydrogens is 318 g/mol. The zero-order chi connectivity index (χ0) is 16.3. The Morgan fingerprint density at radius 3 is 2.50 bits per heavy atom. The summed E-state index contributed by atoms with van der Waals surface area (Å²) in [4.78, 5) is 17.0. The molecule has 4 bridgehead atoms. The van der Waals surface area contributed by atoms with Crippen molar-refractivity contribution in [2.24, 2.45) is 17.8 Å². The molecule has 0 atom stereocenters. The number of carbonyl (C=O) groups is 1. The Bertz CT molecular complexity index is 774. The van der Waals surface area contributed by atoms with Crippen LogP contribution in [0, 0.1) is 17.8 Å². The van der Waals surface area contributed by atoms with Gasteiger partial charge in [0.05, 0.1) is 22.4 Å². The zero-order valence-electron chi connectivity index (χ0n) is 14.1. The number of hydrogen-bond acceptors (Lipinski definition) is 4. The maximum atomic E-state index is 12.0. The smallest absolute Gasteiger partial charge is 0.338 e. The zero-order valence-corrected chi connectivity index (χ0v) is 14.9. The van der Waals surface area contributed by atoms with Crippen LogP contribution in [0.25, 0.3) is 10.2 Å². The first-order valence-corrected chi connectivity index (χ1v) is 10.0. The lowest BCUT2D eigenvalue weighted by molar-refractivity contribution is -0.00518. The van der Waals surface area contributed by atoms with Crippen LogP contribution in [0.4, 0.5) is 0 Å². The number of nitrogens with zero attached hydrogens (tertiary/aromatic N) is 1. The molecule has 6 rings (SSSR count). The van der Waals surface area contributed by atoms with E-state index in [0.29, 0.717) is 17.6 Å². The summed E-state index contributed by atoms with van der Waals surface area (Å²) < 4.78 is 6.26. The molecule has 0 aliphatic heterocycles. The maximum Gasteiger partial charge on any atom is 0.338 e. The molecule has 4 fully saturated rings. The van der Waals surface area contributed by atoms with Crippen LogP contribution in [0.3, 0.4) is 0 Å². The largest absolute Gasteiger partial charge is 0.462 e. The first kappa shape index (κ1) is 14.9. The van der Waals surface area contributed by atoms with Crippen LogP contribution in [0.1, 0.15) is 60.8 Å². The SMILES string of the molecule is CCOC(=O)c1ccc2nc(C34CC5CC(CC(C5)C3)C4)sc2c1. The van der Waals surface area contributed by atoms with Gasteiger partial charge in [-0.15, -0.1) is 11.3 Å². The fourth-order valence-electron chi connectivity index (χ4n) is 5.87. The number of aromatic nitrogens is 1. The molecule has 1 aromatic carbocycles. The molecule has 0 saturated heterocycles. The highest BCUT2D eigenvalue weighted by molar-refractivity contribution is 7.18. The summed E-state index contributed by atoms with van der Waals surface area (Å²) in [6.45, 7) is 2.26. The molecule has 0 spiro atoms. The van der Waals surface area contributed by atoms with Crippen LogP contribution in [0.15, 0.2) is 18.2 Å². The van der Waals surface area contributed by atoms with Crippen molar-refractivity contribution < 1.29 is 9.53 Å². The second kappa shape index (κ2) is 5.29. The van der Waals surface area contributed by atoms with Crippen LogP contribution in [0.2, 0.25) is 0 Å². The van der Waals surface area contributed by atoms with Gasteiger partial charge in [0, 0.05) is 5.41 Å². The molecule has 0 N–H and O–H groups in total. The van der Waals surface area contributed by atoms with Gasteiger partial charge < -0.3 is 4.74 Å². The van der Waals surface area contributed by atoms with Crippen molar-refractivity contribution in [1.82, 2.24) is 4.98 Å². The number of rotatable bonds is 3. The van der Waals surface area contributed by atoms with Gasteiger partial charge >= 0.3 is 5.97 Å². The van der Waals surface area contributed by atoms with Gasteiger partial charge in [-0.1, -0.05) is 0 Å². The summed E-state index contributed by atoms with van der Waals surface area (Å²) in [6, 6.07) is 5.81. The van der Waals surface area contributed by atoms with Gasteiger partial charge in [-0.05, 0) is 81.4 Å². The van der Waals surface area contributed by atoms with Gasteiger partial charge in [-0.3, -0.25) is 0 Å². The summed E-state index contributed by atoms with van der Waals surface area (Å²) in [5.74, 6) is 2.55. The van der Waals surface area contributed by atoms with E-state index in [1.165, 1.54) is 43.5 Å². The fourth-order valence-corrected chi connectivity index (χ4v) is 7.09. The van der Waals surface area contributed by atoms with Crippen LogP contribution in [-0.2, 0) is 10.2 Å². The van der Waals surface area contributed by atoms with E-state index in [-0.39, 0.29) is 5.97 Å². The Hall–Kier alpha value is -1.42. The van der Waals surface area contributed by atoms with Crippen LogP contribution < -0.4 is 0 Å². The van der Waals surface area contributed by atoms with Crippen LogP contribution >= 0.6 is 11.3 Å². The predicted molar refractivity (Wildman–Crippen MR) is 95.4 cm³/mol. The second-order valence-electron chi connectivity index (χ2n) is 8.12. The van der Waals surface area contributed by atoms with E-state index in [9.17, 15) is 4.79 Å². The molecule has 4 heteroatoms. The van der Waals surface area contributed by atoms with E-state index in [4.69, 9.17) is 9.72 Å². The normalized spacial score (nSPS) is 34.0. The second-order valence-corrected chi connectivity index (χ2v) is 9.15. The van der Waals surface area contributed by atoms with E-state index in [1.54, 1.807) is 0 Å². The number of carbonyl (C=O) groups excluding carboxylic acids is 1. The number of hydrogen-bond donors (Lipinski definition) is 0. The Labute approximate surface area is 146 Å². The molecule has 2 aromatic rings. The number of fused-ring (bicyclic) bond motifs is 1. The summed E-state index contributed by atoms with van der Waals surface area (Å²) in [6.07, 6.45) is 8.38. The third kappa shape index (κ3) is 2.22. The lowest BCUT2D eigenvalue weighted by Crippen LogP contribution is -2.48. The molecular formula is C20H23NO2S. The van der Waals surface area contributed by atoms with E-state index in [1.807, 2.05) is 36.5 Å². The van der Waals surface area contributed by atoms with Gasteiger partial charge in [-0.25, -0.2) is 9.78 Å². The molecule has 4 aliphatic rings. The first-order valence-electron chi connectivity index (χ1n) is 9.23. The van der Waals surface area contributed by atoms with Crippen molar-refractivity contribution in [3.8, 4) is 0 Å². The molecule has 126 valence electrons. The number of esters is 1. The van der Waals surface area contributed by atoms with Gasteiger partial charge in [0.1, 0.15) is 5.01 Å². The summed E-state index contributed by atoms with van der Waals surface area (Å²) in [5.41, 5.74) is 2.02. The minimum atomic E-state index is -0.232. The highest BCUT2D eigenvalue weighted by Gasteiger charge is 2.53. The minimum Gasteiger partial charge on any atom is -0.462 e. The van der Waals surface area contributed by atoms with Crippen molar-refractivity contribution in [3.05, 3.63) is 28.8 Å². The Morgan fingerprint density at radius 2 is 1.88 bits per heavy atom. The molecule has 1 heterocycles. The quantitative estimate of drug-likeness (QED) is 0.742. The van der Waals surface area contributed by atoms with E-state index < -0.39 is 0 Å². The van der Waals surface area contributed by atoms with Crippen molar-refractivity contribution in [2.45, 2.75) is 50.9 Å². The molecule has 4 saturated carbocycles. The fraction of sp³-hybridized carbons (Fsp3) is 0.600. The Morgan fingerprint density at radius 1 is 1.21 bits per heavy atom. The van der Waals surface area contributed by atoms with Gasteiger partial charge in [0.15, 0.2) is 0 Å². The van der Waals surface area contributed by atoms with E-state index in [2.05, 4.69) is 0 Å². The van der Waals surface area contributed by atoms with Crippen molar-refractivity contribution in [1.29, 1.82) is 0 Å². The highest BCUT2D eigenvalue weighted by Crippen LogP contribution is 2.61. The molecule has 3 nitrogen and oxygen atoms in total. The summed E-state index contributed by atoms with van der Waals surface area (Å²) in [5, 5.41) is 1.33. The molecule has 0 radical (unpaired) electrons. The van der Waals surface area contributed by atoms with Crippen molar-refractivity contribution >= 4 is 27.5 Å². The van der Waals surface area contributed by atoms with Crippen molar-refractivity contribution in [2.75, 3.05) is 6.61 Å². The number of thiazole rings is 1. The summed E-state index contributed by atoms with van der Waals surface area (Å²) in [7, 11) is 0. The predicted octanol–water partition coefficient (Wildman–Crippen LogP) is 4.94. The number of benzene rings is 1. The molecule has 4 aliphatic carbocycles. The average Bonchev–Trinajstić information content (AvgIpc) is 2.98. The van der Waals surface area contributed by atoms with Crippen LogP contribution in [-0.4, -0.2) is 17.6 Å². The van der Waals surface area contributed by atoms with E-state index >= 15 is 0 Å². The average molecular weight is 341 g/mol. The molecule has 1 aromatic heterocycles. The van der Waals surface area contributed by atoms with Crippen molar-refractivity contribution in [3.63, 3.8) is 0 Å². The van der Waals surface area contributed by atoms with Gasteiger partial charge in [-0.2, -0.15) is 0 Å². The third-order valence-corrected chi connectivity index (χ3v) is 7.66. The highest BCUT2D eigenvalue weighted by atomic mass is 32.1. The maximum absolute atomic E-state index is 12.0. The third-order valence-electron chi connectivity index (χ3n) is 6.39. The van der Waals surface area contributed by atoms with Gasteiger partial charge in [0.2, 0.25) is 0 Å². The topological polar surface area (TPSA) is 39.2 Å². The van der Waals surface area contributed by atoms with Crippen LogP contribution in [0.5, 0.6) is 0 Å². The minimum absolute atomic E-state index is 0.232. The summed E-state index contributed by atoms with van der Waals surface area (Å²) >= 11 is 1.82. The monoisotopic (exact) mass is 341 g/mol. The lowest BCUT2D eigenvalue weighted by atomic mass is 9.50. The molecule has 0 amide bonds. The molecule has 0 unspecified atom stereocenters. The van der Waals surface area contributed by atoms with E-state index in [0.717, 1.165) is 28.0 Å². The molecule has 24 heavy (non-hydrogen) atoms. The Kier molecular flexibility index (Phi) is 3.28. The van der Waals surface area contributed by atoms with Gasteiger partial charge in [0.25, 0.3) is 0 Å².